The van der Waals surface area contributed by atoms with E-state index in [-0.39, 0.29) is 5.88 Å². The maximum atomic E-state index is 12.0. The van der Waals surface area contributed by atoms with E-state index in [1.54, 1.807) is 6.07 Å². The maximum absolute atomic E-state index is 12.0. The Kier molecular flexibility index (Phi) is 2.62. The molecule has 0 unspecified atom stereocenters. The summed E-state index contributed by atoms with van der Waals surface area (Å²) in [5.74, 6) is 2.05. The van der Waals surface area contributed by atoms with E-state index in [1.165, 1.54) is 11.1 Å². The van der Waals surface area contributed by atoms with Crippen molar-refractivity contribution >= 4 is 27.3 Å². The van der Waals surface area contributed by atoms with Gasteiger partial charge in [0.25, 0.3) is 0 Å². The normalized spacial score (nSPS) is 18.4. The Bertz CT molecular complexity index is 813. The van der Waals surface area contributed by atoms with Crippen molar-refractivity contribution in [2.45, 2.75) is 16.4 Å². The van der Waals surface area contributed by atoms with E-state index >= 15 is 0 Å². The van der Waals surface area contributed by atoms with Crippen LogP contribution < -0.4 is 5.32 Å². The monoisotopic (exact) mass is 303 g/mol. The van der Waals surface area contributed by atoms with Gasteiger partial charge in [-0.2, -0.15) is 11.8 Å². The first-order valence-corrected chi connectivity index (χ1v) is 9.26. The Morgan fingerprint density at radius 1 is 1.00 bits per heavy atom. The molecule has 0 radical (unpaired) electrons. The average Bonchev–Trinajstić information content (AvgIpc) is 3.03. The van der Waals surface area contributed by atoms with E-state index in [2.05, 4.69) is 23.5 Å². The number of hydrogen-bond donors (Lipinski definition) is 1. The van der Waals surface area contributed by atoms with Gasteiger partial charge in [-0.25, -0.2) is 8.42 Å². The van der Waals surface area contributed by atoms with Gasteiger partial charge in [0.1, 0.15) is 5.88 Å². The number of fused-ring (bicyclic) bond motifs is 2. The molecule has 4 rings (SSSR count). The summed E-state index contributed by atoms with van der Waals surface area (Å²) >= 11 is 1.91. The van der Waals surface area contributed by atoms with Gasteiger partial charge in [0.15, 0.2) is 9.84 Å². The molecule has 2 aromatic carbocycles. The molecule has 3 nitrogen and oxygen atoms in total. The van der Waals surface area contributed by atoms with Gasteiger partial charge in [0.2, 0.25) is 0 Å². The molecule has 0 aromatic heterocycles. The molecule has 0 fully saturated rings. The zero-order valence-corrected chi connectivity index (χ0v) is 12.4. The van der Waals surface area contributed by atoms with Crippen LogP contribution in [0.5, 0.6) is 0 Å². The topological polar surface area (TPSA) is 46.2 Å². The van der Waals surface area contributed by atoms with E-state index in [4.69, 9.17) is 0 Å². The zero-order chi connectivity index (χ0) is 13.7. The Balaban J connectivity index is 1.98. The van der Waals surface area contributed by atoms with Crippen molar-refractivity contribution in [3.05, 3.63) is 47.5 Å². The van der Waals surface area contributed by atoms with Crippen molar-refractivity contribution in [2.24, 2.45) is 0 Å². The number of thioether (sulfide) groups is 1. The summed E-state index contributed by atoms with van der Waals surface area (Å²) in [5, 5.41) is 3.05. The lowest BCUT2D eigenvalue weighted by Crippen LogP contribution is -2.02. The standard InChI is InChI=1S/C15H13NO2S2/c17-20(18)9-16-15-12(5-2-6-14(15)20)11-4-1-3-10-7-19-8-13(10)11/h1-6,16H,7-9H2. The van der Waals surface area contributed by atoms with E-state index in [0.717, 1.165) is 28.3 Å². The van der Waals surface area contributed by atoms with Crippen LogP contribution in [-0.2, 0) is 21.3 Å². The third-order valence-corrected chi connectivity index (χ3v) is 6.41. The van der Waals surface area contributed by atoms with Crippen LogP contribution in [0.2, 0.25) is 0 Å². The number of hydrogen-bond acceptors (Lipinski definition) is 4. The number of sulfone groups is 1. The predicted octanol–water partition coefficient (Wildman–Crippen LogP) is 3.26. The Morgan fingerprint density at radius 2 is 1.80 bits per heavy atom. The van der Waals surface area contributed by atoms with Crippen LogP contribution in [-0.4, -0.2) is 14.3 Å². The molecule has 0 saturated carbocycles. The fourth-order valence-electron chi connectivity index (χ4n) is 2.90. The molecule has 1 N–H and O–H groups in total. The van der Waals surface area contributed by atoms with Crippen LogP contribution in [0.3, 0.4) is 0 Å². The molecule has 0 spiro atoms. The van der Waals surface area contributed by atoms with E-state index in [1.807, 2.05) is 23.9 Å². The third-order valence-electron chi connectivity index (χ3n) is 3.87. The van der Waals surface area contributed by atoms with Crippen molar-refractivity contribution in [1.29, 1.82) is 0 Å². The summed E-state index contributed by atoms with van der Waals surface area (Å²) in [6.45, 7) is 0. The molecular weight excluding hydrogens is 290 g/mol. The van der Waals surface area contributed by atoms with Gasteiger partial charge in [-0.15, -0.1) is 0 Å². The van der Waals surface area contributed by atoms with Gasteiger partial charge in [-0.1, -0.05) is 30.3 Å². The molecule has 0 saturated heterocycles. The van der Waals surface area contributed by atoms with Crippen LogP contribution in [0.25, 0.3) is 11.1 Å². The molecule has 2 aliphatic rings. The van der Waals surface area contributed by atoms with E-state index < -0.39 is 9.84 Å². The number of nitrogens with one attached hydrogen (secondary N) is 1. The zero-order valence-electron chi connectivity index (χ0n) is 10.7. The first kappa shape index (κ1) is 12.3. The van der Waals surface area contributed by atoms with Crippen LogP contribution in [0.15, 0.2) is 41.3 Å². The second kappa shape index (κ2) is 4.27. The van der Waals surface area contributed by atoms with Crippen molar-refractivity contribution < 1.29 is 8.42 Å². The molecule has 102 valence electrons. The molecular formula is C15H13NO2S2. The molecule has 5 heteroatoms. The Morgan fingerprint density at radius 3 is 2.70 bits per heavy atom. The minimum Gasteiger partial charge on any atom is -0.370 e. The van der Waals surface area contributed by atoms with E-state index in [0.29, 0.717) is 4.90 Å². The Hall–Kier alpha value is -1.46. The minimum absolute atomic E-state index is 0.00310. The highest BCUT2D eigenvalue weighted by atomic mass is 32.2. The summed E-state index contributed by atoms with van der Waals surface area (Å²) in [6, 6.07) is 11.8. The average molecular weight is 303 g/mol. The first-order valence-electron chi connectivity index (χ1n) is 6.45. The van der Waals surface area contributed by atoms with Gasteiger partial charge >= 0.3 is 0 Å². The SMILES string of the molecule is O=S1(=O)CNc2c(-c3cccc4c3CSC4)cccc21. The highest BCUT2D eigenvalue weighted by Gasteiger charge is 2.29. The Labute approximate surface area is 122 Å². The van der Waals surface area contributed by atoms with Gasteiger partial charge in [-0.3, -0.25) is 0 Å². The van der Waals surface area contributed by atoms with Gasteiger partial charge in [-0.05, 0) is 22.8 Å². The van der Waals surface area contributed by atoms with E-state index in [9.17, 15) is 8.42 Å². The molecule has 2 aromatic rings. The fraction of sp³-hybridized carbons (Fsp3) is 0.200. The number of rotatable bonds is 1. The minimum atomic E-state index is -3.17. The number of benzene rings is 2. The number of para-hydroxylation sites is 1. The molecule has 0 atom stereocenters. The summed E-state index contributed by atoms with van der Waals surface area (Å²) in [4.78, 5) is 0.429. The fourth-order valence-corrected chi connectivity index (χ4v) is 5.30. The molecule has 0 aliphatic carbocycles. The van der Waals surface area contributed by atoms with Crippen molar-refractivity contribution in [1.82, 2.24) is 0 Å². The summed E-state index contributed by atoms with van der Waals surface area (Å²) in [6.07, 6.45) is 0. The maximum Gasteiger partial charge on any atom is 0.198 e. The highest BCUT2D eigenvalue weighted by Crippen LogP contribution is 2.43. The molecule has 0 bridgehead atoms. The second-order valence-corrected chi connectivity index (χ2v) is 7.99. The third kappa shape index (κ3) is 1.70. The summed E-state index contributed by atoms with van der Waals surface area (Å²) < 4.78 is 24.0. The van der Waals surface area contributed by atoms with Gasteiger partial charge < -0.3 is 5.32 Å². The summed E-state index contributed by atoms with van der Waals surface area (Å²) in [7, 11) is -3.17. The first-order chi connectivity index (χ1) is 9.67. The molecule has 0 amide bonds. The van der Waals surface area contributed by atoms with Gasteiger partial charge in [0.05, 0.1) is 10.6 Å². The predicted molar refractivity (Wildman–Crippen MR) is 82.6 cm³/mol. The molecule has 2 aliphatic heterocycles. The molecule has 2 heterocycles. The largest absolute Gasteiger partial charge is 0.370 e. The lowest BCUT2D eigenvalue weighted by Gasteiger charge is -2.12. The number of anilines is 1. The van der Waals surface area contributed by atoms with Crippen molar-refractivity contribution in [3.63, 3.8) is 0 Å². The quantitative estimate of drug-likeness (QED) is 0.878. The van der Waals surface area contributed by atoms with Crippen molar-refractivity contribution in [2.75, 3.05) is 11.2 Å². The highest BCUT2D eigenvalue weighted by molar-refractivity contribution is 7.98. The smallest absolute Gasteiger partial charge is 0.198 e. The molecule has 20 heavy (non-hydrogen) atoms. The second-order valence-electron chi connectivity index (χ2n) is 5.05. The lowest BCUT2D eigenvalue weighted by molar-refractivity contribution is 0.601. The van der Waals surface area contributed by atoms with Crippen molar-refractivity contribution in [3.8, 4) is 11.1 Å². The van der Waals surface area contributed by atoms with Gasteiger partial charge in [0, 0.05) is 17.1 Å². The van der Waals surface area contributed by atoms with Crippen LogP contribution in [0.1, 0.15) is 11.1 Å². The van der Waals surface area contributed by atoms with Crippen LogP contribution >= 0.6 is 11.8 Å². The lowest BCUT2D eigenvalue weighted by atomic mass is 9.96. The summed E-state index contributed by atoms with van der Waals surface area (Å²) in [5.41, 5.74) is 5.64. The van der Waals surface area contributed by atoms with Crippen LogP contribution in [0.4, 0.5) is 5.69 Å². The van der Waals surface area contributed by atoms with Crippen LogP contribution in [0, 0.1) is 0 Å².